The molecule has 1 aliphatic heterocycles. The maximum absolute atomic E-state index is 5.04. The van der Waals surface area contributed by atoms with Gasteiger partial charge in [0.05, 0.1) is 6.61 Å². The molecule has 0 N–H and O–H groups in total. The Morgan fingerprint density at radius 1 is 2.00 bits per heavy atom. The first-order chi connectivity index (χ1) is 3.43. The van der Waals surface area contributed by atoms with Crippen LogP contribution in [0, 0.1) is 0 Å². The minimum absolute atomic E-state index is 0.0833. The van der Waals surface area contributed by atoms with Gasteiger partial charge in [0, 0.05) is 6.21 Å². The highest BCUT2D eigenvalue weighted by Crippen LogP contribution is 2.11. The van der Waals surface area contributed by atoms with Crippen molar-refractivity contribution in [3.05, 3.63) is 0 Å². The highest BCUT2D eigenvalue weighted by atomic mass is 32.2. The van der Waals surface area contributed by atoms with E-state index in [1.54, 1.807) is 18.0 Å². The Kier molecular flexibility index (Phi) is 1.70. The fourth-order valence-corrected chi connectivity index (χ4v) is 0.849. The minimum atomic E-state index is 0.0833. The number of rotatable bonds is 1. The molecule has 0 aliphatic carbocycles. The van der Waals surface area contributed by atoms with Gasteiger partial charge in [0.25, 0.3) is 0 Å². The Hall–Kier alpha value is -0.0200. The quantitative estimate of drug-likeness (QED) is 0.505. The Balaban J connectivity index is 2.28. The van der Waals surface area contributed by atoms with Gasteiger partial charge in [0.15, 0.2) is 5.56 Å². The van der Waals surface area contributed by atoms with Crippen LogP contribution in [0.15, 0.2) is 4.99 Å². The molecular weight excluding hydrogens is 110 g/mol. The van der Waals surface area contributed by atoms with E-state index in [0.29, 0.717) is 6.61 Å². The predicted molar refractivity (Wildman–Crippen MR) is 31.7 cm³/mol. The molecule has 0 bridgehead atoms. The zero-order chi connectivity index (χ0) is 5.11. The molecule has 0 fully saturated rings. The van der Waals surface area contributed by atoms with Gasteiger partial charge in [0.2, 0.25) is 0 Å². The summed E-state index contributed by atoms with van der Waals surface area (Å²) in [5, 5.41) is 0. The van der Waals surface area contributed by atoms with Crippen LogP contribution in [0.2, 0.25) is 0 Å². The Morgan fingerprint density at radius 3 is 3.14 bits per heavy atom. The third kappa shape index (κ3) is 1.17. The molecule has 0 aromatic heterocycles. The van der Waals surface area contributed by atoms with Crippen LogP contribution >= 0.6 is 11.8 Å². The summed E-state index contributed by atoms with van der Waals surface area (Å²) in [6.45, 7) is 0.686. The Bertz CT molecular complexity index is 83.8. The molecule has 1 atom stereocenters. The smallest absolute Gasteiger partial charge is 0.195 e. The van der Waals surface area contributed by atoms with Gasteiger partial charge in [-0.05, 0) is 6.26 Å². The van der Waals surface area contributed by atoms with Crippen LogP contribution in [-0.2, 0) is 4.74 Å². The average Bonchev–Trinajstić information content (AvgIpc) is 2.14. The fourth-order valence-electron chi connectivity index (χ4n) is 0.426. The summed E-state index contributed by atoms with van der Waals surface area (Å²) in [5.74, 6) is 0. The molecule has 0 radical (unpaired) electrons. The van der Waals surface area contributed by atoms with E-state index in [1.807, 2.05) is 6.26 Å². The summed E-state index contributed by atoms with van der Waals surface area (Å²) in [6.07, 6.45) is 3.77. The van der Waals surface area contributed by atoms with Gasteiger partial charge in [-0.1, -0.05) is 0 Å². The largest absolute Gasteiger partial charge is 0.342 e. The van der Waals surface area contributed by atoms with E-state index in [1.165, 1.54) is 0 Å². The SMILES string of the molecule is CSC1N=CCO1. The molecule has 2 nitrogen and oxygen atoms in total. The number of thioether (sulfide) groups is 1. The van der Waals surface area contributed by atoms with Gasteiger partial charge in [-0.25, -0.2) is 0 Å². The molecule has 0 aromatic carbocycles. The predicted octanol–water partition coefficient (Wildman–Crippen LogP) is 0.734. The van der Waals surface area contributed by atoms with Gasteiger partial charge in [-0.3, -0.25) is 4.99 Å². The molecule has 7 heavy (non-hydrogen) atoms. The number of hydrogen-bond donors (Lipinski definition) is 0. The number of nitrogens with zero attached hydrogens (tertiary/aromatic N) is 1. The summed E-state index contributed by atoms with van der Waals surface area (Å²) in [6, 6.07) is 0. The summed E-state index contributed by atoms with van der Waals surface area (Å²) in [5.41, 5.74) is 0.0833. The second-order valence-corrected chi connectivity index (χ2v) is 2.08. The van der Waals surface area contributed by atoms with Crippen molar-refractivity contribution in [2.24, 2.45) is 4.99 Å². The molecule has 0 saturated heterocycles. The van der Waals surface area contributed by atoms with Crippen molar-refractivity contribution >= 4 is 18.0 Å². The van der Waals surface area contributed by atoms with Crippen molar-refractivity contribution in [3.8, 4) is 0 Å². The lowest BCUT2D eigenvalue weighted by atomic mass is 10.8. The lowest BCUT2D eigenvalue weighted by molar-refractivity contribution is 0.177. The minimum Gasteiger partial charge on any atom is -0.342 e. The molecule has 40 valence electrons. The number of aliphatic imine (C=N–C) groups is 1. The fraction of sp³-hybridized carbons (Fsp3) is 0.750. The van der Waals surface area contributed by atoms with E-state index in [2.05, 4.69) is 4.99 Å². The van der Waals surface area contributed by atoms with E-state index in [0.717, 1.165) is 0 Å². The summed E-state index contributed by atoms with van der Waals surface area (Å²) >= 11 is 1.61. The molecular formula is C4H7NOS. The number of hydrogen-bond acceptors (Lipinski definition) is 3. The summed E-state index contributed by atoms with van der Waals surface area (Å²) in [7, 11) is 0. The third-order valence-electron chi connectivity index (χ3n) is 0.742. The zero-order valence-corrected chi connectivity index (χ0v) is 4.94. The molecule has 3 heteroatoms. The van der Waals surface area contributed by atoms with Gasteiger partial charge in [-0.2, -0.15) is 0 Å². The highest BCUT2D eigenvalue weighted by Gasteiger charge is 2.05. The molecule has 0 amide bonds. The molecule has 1 aliphatic rings. The molecule has 1 heterocycles. The van der Waals surface area contributed by atoms with E-state index in [-0.39, 0.29) is 5.56 Å². The second kappa shape index (κ2) is 2.33. The van der Waals surface area contributed by atoms with E-state index in [9.17, 15) is 0 Å². The van der Waals surface area contributed by atoms with Crippen molar-refractivity contribution in [3.63, 3.8) is 0 Å². The second-order valence-electron chi connectivity index (χ2n) is 1.21. The highest BCUT2D eigenvalue weighted by molar-refractivity contribution is 7.99. The van der Waals surface area contributed by atoms with Crippen molar-refractivity contribution in [2.45, 2.75) is 5.56 Å². The van der Waals surface area contributed by atoms with Crippen LogP contribution in [0.25, 0.3) is 0 Å². The first-order valence-corrected chi connectivity index (χ1v) is 3.38. The van der Waals surface area contributed by atoms with Gasteiger partial charge < -0.3 is 4.74 Å². The molecule has 0 saturated carbocycles. The van der Waals surface area contributed by atoms with Crippen molar-refractivity contribution in [1.82, 2.24) is 0 Å². The van der Waals surface area contributed by atoms with Crippen LogP contribution in [-0.4, -0.2) is 24.6 Å². The van der Waals surface area contributed by atoms with Crippen molar-refractivity contribution < 1.29 is 4.74 Å². The van der Waals surface area contributed by atoms with Gasteiger partial charge in [0.1, 0.15) is 0 Å². The standard InChI is InChI=1S/C4H7NOS/c1-7-4-5-2-3-6-4/h2,4H,3H2,1H3. The Labute approximate surface area is 47.0 Å². The first kappa shape index (κ1) is 5.12. The summed E-state index contributed by atoms with van der Waals surface area (Å²) < 4.78 is 5.04. The molecule has 1 unspecified atom stereocenters. The lowest BCUT2D eigenvalue weighted by Gasteiger charge is -1.98. The van der Waals surface area contributed by atoms with Crippen LogP contribution in [0.3, 0.4) is 0 Å². The molecule has 0 aromatic rings. The van der Waals surface area contributed by atoms with Crippen molar-refractivity contribution in [2.75, 3.05) is 12.9 Å². The van der Waals surface area contributed by atoms with Crippen LogP contribution in [0.5, 0.6) is 0 Å². The van der Waals surface area contributed by atoms with E-state index < -0.39 is 0 Å². The maximum Gasteiger partial charge on any atom is 0.195 e. The third-order valence-corrected chi connectivity index (χ3v) is 1.40. The van der Waals surface area contributed by atoms with E-state index >= 15 is 0 Å². The monoisotopic (exact) mass is 117 g/mol. The van der Waals surface area contributed by atoms with E-state index in [4.69, 9.17) is 4.74 Å². The molecule has 1 rings (SSSR count). The lowest BCUT2D eigenvalue weighted by Crippen LogP contribution is -1.95. The molecule has 0 spiro atoms. The first-order valence-electron chi connectivity index (χ1n) is 2.09. The van der Waals surface area contributed by atoms with Gasteiger partial charge >= 0.3 is 0 Å². The summed E-state index contributed by atoms with van der Waals surface area (Å²) in [4.78, 5) is 3.97. The maximum atomic E-state index is 5.04. The zero-order valence-electron chi connectivity index (χ0n) is 4.13. The van der Waals surface area contributed by atoms with Crippen LogP contribution < -0.4 is 0 Å². The average molecular weight is 117 g/mol. The van der Waals surface area contributed by atoms with Gasteiger partial charge in [-0.15, -0.1) is 11.8 Å². The normalized spacial score (nSPS) is 29.0. The van der Waals surface area contributed by atoms with Crippen LogP contribution in [0.1, 0.15) is 0 Å². The van der Waals surface area contributed by atoms with Crippen molar-refractivity contribution in [1.29, 1.82) is 0 Å². The van der Waals surface area contributed by atoms with Crippen LogP contribution in [0.4, 0.5) is 0 Å². The Morgan fingerprint density at radius 2 is 2.86 bits per heavy atom. The topological polar surface area (TPSA) is 21.6 Å². The number of ether oxygens (including phenoxy) is 1.